The largest absolute Gasteiger partial charge is 0.341 e. The second-order valence-corrected chi connectivity index (χ2v) is 4.51. The van der Waals surface area contributed by atoms with Crippen molar-refractivity contribution in [3.8, 4) is 0 Å². The molecule has 0 radical (unpaired) electrons. The monoisotopic (exact) mass is 253 g/mol. The predicted octanol–water partition coefficient (Wildman–Crippen LogP) is 3.58. The molecule has 0 spiro atoms. The van der Waals surface area contributed by atoms with Gasteiger partial charge in [-0.15, -0.1) is 0 Å². The van der Waals surface area contributed by atoms with E-state index in [-0.39, 0.29) is 5.82 Å². The molecule has 1 rings (SSSR count). The molecule has 102 valence electrons. The molecule has 4 heteroatoms. The minimum Gasteiger partial charge on any atom is -0.341 e. The fourth-order valence-electron chi connectivity index (χ4n) is 1.80. The molecule has 0 saturated carbocycles. The Morgan fingerprint density at radius 2 is 1.72 bits per heavy atom. The topological polar surface area (TPSA) is 29.0 Å². The van der Waals surface area contributed by atoms with E-state index in [1.54, 1.807) is 0 Å². The molecule has 0 atom stereocenters. The minimum absolute atomic E-state index is 0.299. The molecule has 3 nitrogen and oxygen atoms in total. The van der Waals surface area contributed by atoms with Crippen molar-refractivity contribution in [3.63, 3.8) is 0 Å². The molecular weight excluding hydrogens is 229 g/mol. The summed E-state index contributed by atoms with van der Waals surface area (Å²) in [4.78, 5) is 10.6. The number of hydrogen-bond acceptors (Lipinski definition) is 3. The zero-order valence-electron chi connectivity index (χ0n) is 11.7. The summed E-state index contributed by atoms with van der Waals surface area (Å²) in [6, 6.07) is 0. The molecule has 0 aliphatic rings. The van der Waals surface area contributed by atoms with Crippen LogP contribution in [0, 0.1) is 5.82 Å². The maximum atomic E-state index is 13.4. The van der Waals surface area contributed by atoms with Crippen molar-refractivity contribution < 1.29 is 4.39 Å². The first kappa shape index (κ1) is 14.9. The summed E-state index contributed by atoms with van der Waals surface area (Å²) < 4.78 is 13.4. The average molecular weight is 253 g/mol. The maximum absolute atomic E-state index is 13.4. The molecule has 0 amide bonds. The zero-order valence-corrected chi connectivity index (χ0v) is 11.7. The van der Waals surface area contributed by atoms with Crippen molar-refractivity contribution in [2.45, 2.75) is 52.9 Å². The molecule has 1 aromatic rings. The normalized spacial score (nSPS) is 10.7. The van der Waals surface area contributed by atoms with E-state index >= 15 is 0 Å². The number of unbranched alkanes of at least 4 members (excludes halogenated alkanes) is 2. The average Bonchev–Trinajstić information content (AvgIpc) is 2.40. The van der Waals surface area contributed by atoms with Gasteiger partial charge in [-0.05, 0) is 19.3 Å². The van der Waals surface area contributed by atoms with Crippen LogP contribution in [0.15, 0.2) is 6.20 Å². The van der Waals surface area contributed by atoms with E-state index in [1.165, 1.54) is 6.20 Å². The van der Waals surface area contributed by atoms with Gasteiger partial charge in [0, 0.05) is 13.1 Å². The van der Waals surface area contributed by atoms with E-state index in [2.05, 4.69) is 28.7 Å². The van der Waals surface area contributed by atoms with Gasteiger partial charge in [-0.25, -0.2) is 14.4 Å². The van der Waals surface area contributed by atoms with E-state index in [1.807, 2.05) is 6.92 Å². The fourth-order valence-corrected chi connectivity index (χ4v) is 1.80. The molecule has 0 saturated heterocycles. The van der Waals surface area contributed by atoms with E-state index in [9.17, 15) is 4.39 Å². The highest BCUT2D eigenvalue weighted by Gasteiger charge is 2.11. The Morgan fingerprint density at radius 3 is 2.22 bits per heavy atom. The minimum atomic E-state index is -0.299. The molecule has 18 heavy (non-hydrogen) atoms. The van der Waals surface area contributed by atoms with E-state index < -0.39 is 0 Å². The molecule has 0 fully saturated rings. The van der Waals surface area contributed by atoms with Gasteiger partial charge in [0.15, 0.2) is 5.82 Å². The van der Waals surface area contributed by atoms with Crippen LogP contribution < -0.4 is 4.90 Å². The van der Waals surface area contributed by atoms with Crippen molar-refractivity contribution >= 4 is 5.95 Å². The Labute approximate surface area is 109 Å². The fraction of sp³-hybridized carbons (Fsp3) is 0.714. The third kappa shape index (κ3) is 4.24. The van der Waals surface area contributed by atoms with Crippen molar-refractivity contribution in [2.24, 2.45) is 0 Å². The van der Waals surface area contributed by atoms with Gasteiger partial charge < -0.3 is 4.90 Å². The van der Waals surface area contributed by atoms with Crippen LogP contribution in [0.2, 0.25) is 0 Å². The first-order valence-electron chi connectivity index (χ1n) is 6.99. The van der Waals surface area contributed by atoms with Gasteiger partial charge in [-0.2, -0.15) is 0 Å². The molecule has 0 aromatic carbocycles. The molecule has 1 heterocycles. The first-order chi connectivity index (χ1) is 8.72. The molecule has 0 aliphatic heterocycles. The van der Waals surface area contributed by atoms with Gasteiger partial charge >= 0.3 is 0 Å². The van der Waals surface area contributed by atoms with Crippen molar-refractivity contribution in [2.75, 3.05) is 18.0 Å². The predicted molar refractivity (Wildman–Crippen MR) is 73.4 cm³/mol. The number of hydrogen-bond donors (Lipinski definition) is 0. The summed E-state index contributed by atoms with van der Waals surface area (Å²) in [7, 11) is 0. The van der Waals surface area contributed by atoms with Crippen LogP contribution in [-0.2, 0) is 6.42 Å². The molecule has 1 aromatic heterocycles. The summed E-state index contributed by atoms with van der Waals surface area (Å²) in [6.45, 7) is 8.15. The summed E-state index contributed by atoms with van der Waals surface area (Å²) in [5.74, 6) is 0.377. The number of halogens is 1. The second kappa shape index (κ2) is 8.01. The van der Waals surface area contributed by atoms with Gasteiger partial charge in [-0.3, -0.25) is 0 Å². The van der Waals surface area contributed by atoms with Gasteiger partial charge in [-0.1, -0.05) is 33.6 Å². The summed E-state index contributed by atoms with van der Waals surface area (Å²) in [5.41, 5.74) is 0.512. The number of rotatable bonds is 8. The smallest absolute Gasteiger partial charge is 0.225 e. The van der Waals surface area contributed by atoms with Crippen LogP contribution in [-0.4, -0.2) is 23.1 Å². The highest BCUT2D eigenvalue weighted by Crippen LogP contribution is 2.13. The Kier molecular flexibility index (Phi) is 6.61. The highest BCUT2D eigenvalue weighted by molar-refractivity contribution is 5.30. The third-order valence-corrected chi connectivity index (χ3v) is 2.98. The third-order valence-electron chi connectivity index (χ3n) is 2.98. The first-order valence-corrected chi connectivity index (χ1v) is 6.99. The van der Waals surface area contributed by atoms with Crippen molar-refractivity contribution in [1.82, 2.24) is 9.97 Å². The Morgan fingerprint density at radius 1 is 1.11 bits per heavy atom. The van der Waals surface area contributed by atoms with Gasteiger partial charge in [0.1, 0.15) is 0 Å². The lowest BCUT2D eigenvalue weighted by Gasteiger charge is -2.22. The van der Waals surface area contributed by atoms with Crippen LogP contribution >= 0.6 is 0 Å². The van der Waals surface area contributed by atoms with E-state index in [0.717, 1.165) is 38.8 Å². The SMILES string of the molecule is CCCCN(CCCC)c1ncc(F)c(CC)n1. The lowest BCUT2D eigenvalue weighted by atomic mass is 10.2. The lowest BCUT2D eigenvalue weighted by molar-refractivity contribution is 0.587. The summed E-state index contributed by atoms with van der Waals surface area (Å²) in [6.07, 6.45) is 6.43. The lowest BCUT2D eigenvalue weighted by Crippen LogP contribution is -2.28. The molecule has 0 unspecified atom stereocenters. The van der Waals surface area contributed by atoms with Crippen molar-refractivity contribution in [3.05, 3.63) is 17.7 Å². The summed E-state index contributed by atoms with van der Waals surface area (Å²) in [5, 5.41) is 0. The Bertz CT molecular complexity index is 347. The van der Waals surface area contributed by atoms with Crippen LogP contribution in [0.5, 0.6) is 0 Å². The Hall–Kier alpha value is -1.19. The molecular formula is C14H24FN3. The number of anilines is 1. The molecule has 0 N–H and O–H groups in total. The molecule has 0 bridgehead atoms. The van der Waals surface area contributed by atoms with Gasteiger partial charge in [0.05, 0.1) is 11.9 Å². The van der Waals surface area contributed by atoms with Gasteiger partial charge in [0.2, 0.25) is 5.95 Å². The van der Waals surface area contributed by atoms with Crippen LogP contribution in [0.25, 0.3) is 0 Å². The quantitative estimate of drug-likeness (QED) is 0.709. The number of aromatic nitrogens is 2. The zero-order chi connectivity index (χ0) is 13.4. The summed E-state index contributed by atoms with van der Waals surface area (Å²) >= 11 is 0. The highest BCUT2D eigenvalue weighted by atomic mass is 19.1. The van der Waals surface area contributed by atoms with Gasteiger partial charge in [0.25, 0.3) is 0 Å². The standard InChI is InChI=1S/C14H24FN3/c1-4-7-9-18(10-8-5-2)14-16-11-12(15)13(6-3)17-14/h11H,4-10H2,1-3H3. The van der Waals surface area contributed by atoms with Crippen molar-refractivity contribution in [1.29, 1.82) is 0 Å². The number of aryl methyl sites for hydroxylation is 1. The maximum Gasteiger partial charge on any atom is 0.225 e. The van der Waals surface area contributed by atoms with Crippen LogP contribution in [0.3, 0.4) is 0 Å². The number of nitrogens with zero attached hydrogens (tertiary/aromatic N) is 3. The van der Waals surface area contributed by atoms with E-state index in [0.29, 0.717) is 18.1 Å². The van der Waals surface area contributed by atoms with Crippen LogP contribution in [0.1, 0.15) is 52.1 Å². The Balaban J connectivity index is 2.82. The van der Waals surface area contributed by atoms with E-state index in [4.69, 9.17) is 0 Å². The second-order valence-electron chi connectivity index (χ2n) is 4.51. The molecule has 0 aliphatic carbocycles. The van der Waals surface area contributed by atoms with Crippen LogP contribution in [0.4, 0.5) is 10.3 Å².